The van der Waals surface area contributed by atoms with E-state index >= 15 is 0 Å². The highest BCUT2D eigenvalue weighted by atomic mass is 35.5. The zero-order valence-electron chi connectivity index (χ0n) is 15.4. The number of nitrogens with zero attached hydrogens (tertiary/aromatic N) is 2. The van der Waals surface area contributed by atoms with Crippen molar-refractivity contribution in [3.05, 3.63) is 105 Å². The molecule has 0 fully saturated rings. The maximum Gasteiger partial charge on any atom is 0.296 e. The molecule has 1 amide bonds. The summed E-state index contributed by atoms with van der Waals surface area (Å²) in [6.45, 7) is 1.91. The van der Waals surface area contributed by atoms with Crippen molar-refractivity contribution in [2.24, 2.45) is 0 Å². The van der Waals surface area contributed by atoms with Gasteiger partial charge in [0.2, 0.25) is 5.76 Å². The summed E-state index contributed by atoms with van der Waals surface area (Å²) in [6.07, 6.45) is 1.61. The van der Waals surface area contributed by atoms with E-state index in [2.05, 4.69) is 4.98 Å². The Bertz CT molecular complexity index is 1310. The van der Waals surface area contributed by atoms with Gasteiger partial charge < -0.3 is 4.42 Å². The first-order valence-electron chi connectivity index (χ1n) is 9.12. The Kier molecular flexibility index (Phi) is 4.00. The number of hydrogen-bond donors (Lipinski definition) is 0. The van der Waals surface area contributed by atoms with Crippen LogP contribution in [0.25, 0.3) is 11.0 Å². The van der Waals surface area contributed by atoms with Crippen LogP contribution in [0.3, 0.4) is 0 Å². The summed E-state index contributed by atoms with van der Waals surface area (Å²) in [6, 6.07) is 17.1. The van der Waals surface area contributed by atoms with Gasteiger partial charge in [0, 0.05) is 11.2 Å². The molecule has 0 radical (unpaired) electrons. The zero-order chi connectivity index (χ0) is 20.1. The molecule has 0 unspecified atom stereocenters. The van der Waals surface area contributed by atoms with Crippen LogP contribution in [0.4, 0.5) is 5.82 Å². The summed E-state index contributed by atoms with van der Waals surface area (Å²) in [5.74, 6) is 0.110. The molecule has 5 rings (SSSR count). The molecular weight excluding hydrogens is 388 g/mol. The first kappa shape index (κ1) is 17.6. The maximum atomic E-state index is 13.5. The van der Waals surface area contributed by atoms with E-state index in [1.54, 1.807) is 48.7 Å². The van der Waals surface area contributed by atoms with Gasteiger partial charge in [-0.25, -0.2) is 4.98 Å². The Balaban J connectivity index is 1.83. The molecule has 3 heterocycles. The molecule has 2 aromatic carbocycles. The van der Waals surface area contributed by atoms with Crippen molar-refractivity contribution in [3.63, 3.8) is 0 Å². The fourth-order valence-electron chi connectivity index (χ4n) is 3.78. The Morgan fingerprint density at radius 3 is 2.55 bits per heavy atom. The number of fused-ring (bicyclic) bond motifs is 2. The fourth-order valence-corrected chi connectivity index (χ4v) is 3.91. The standard InChI is InChI=1S/C23H15ClN2O3/c1-13-5-10-17-16(12-13)21(27)19-20(14-6-8-15(24)9-7-14)26(23(28)22(19)29-17)18-4-2-3-11-25-18/h2-12,20H,1H3/t20-/m1/s1. The molecule has 1 atom stereocenters. The van der Waals surface area contributed by atoms with Gasteiger partial charge in [0.25, 0.3) is 5.91 Å². The number of carbonyl (C=O) groups excluding carboxylic acids is 1. The van der Waals surface area contributed by atoms with E-state index in [1.165, 1.54) is 4.90 Å². The van der Waals surface area contributed by atoms with Gasteiger partial charge in [-0.05, 0) is 48.9 Å². The zero-order valence-corrected chi connectivity index (χ0v) is 16.2. The van der Waals surface area contributed by atoms with Gasteiger partial charge in [0.05, 0.1) is 17.0 Å². The minimum absolute atomic E-state index is 0.0527. The van der Waals surface area contributed by atoms with Gasteiger partial charge in [-0.15, -0.1) is 0 Å². The summed E-state index contributed by atoms with van der Waals surface area (Å²) in [5.41, 5.74) is 2.20. The quantitative estimate of drug-likeness (QED) is 0.478. The molecule has 0 aliphatic carbocycles. The molecule has 0 saturated carbocycles. The van der Waals surface area contributed by atoms with Crippen molar-refractivity contribution in [2.75, 3.05) is 4.90 Å². The van der Waals surface area contributed by atoms with Gasteiger partial charge in [-0.2, -0.15) is 0 Å². The highest BCUT2D eigenvalue weighted by molar-refractivity contribution is 6.30. The first-order valence-corrected chi connectivity index (χ1v) is 9.50. The van der Waals surface area contributed by atoms with E-state index in [9.17, 15) is 9.59 Å². The Morgan fingerprint density at radius 1 is 1.03 bits per heavy atom. The van der Waals surface area contributed by atoms with E-state index in [0.29, 0.717) is 27.4 Å². The second-order valence-corrected chi connectivity index (χ2v) is 7.43. The number of carbonyl (C=O) groups is 1. The number of benzene rings is 2. The van der Waals surface area contributed by atoms with Gasteiger partial charge >= 0.3 is 0 Å². The molecule has 142 valence electrons. The van der Waals surface area contributed by atoms with Gasteiger partial charge in [0.1, 0.15) is 11.4 Å². The molecule has 1 aliphatic rings. The smallest absolute Gasteiger partial charge is 0.296 e. The topological polar surface area (TPSA) is 63.4 Å². The summed E-state index contributed by atoms with van der Waals surface area (Å²) >= 11 is 6.05. The lowest BCUT2D eigenvalue weighted by Gasteiger charge is -2.24. The summed E-state index contributed by atoms with van der Waals surface area (Å²) < 4.78 is 5.93. The third-order valence-corrected chi connectivity index (χ3v) is 5.36. The molecule has 29 heavy (non-hydrogen) atoms. The highest BCUT2D eigenvalue weighted by Gasteiger charge is 2.44. The first-order chi connectivity index (χ1) is 14.0. The second-order valence-electron chi connectivity index (χ2n) is 6.99. The number of aromatic nitrogens is 1. The number of rotatable bonds is 2. The Labute approximate surface area is 171 Å². The summed E-state index contributed by atoms with van der Waals surface area (Å²) in [7, 11) is 0. The van der Waals surface area contributed by atoms with Crippen LogP contribution in [0.15, 0.2) is 76.1 Å². The predicted octanol–water partition coefficient (Wildman–Crippen LogP) is 4.90. The van der Waals surface area contributed by atoms with Crippen LogP contribution >= 0.6 is 11.6 Å². The predicted molar refractivity (Wildman–Crippen MR) is 112 cm³/mol. The minimum atomic E-state index is -0.647. The van der Waals surface area contributed by atoms with Crippen LogP contribution < -0.4 is 10.3 Å². The number of halogens is 1. The normalized spacial score (nSPS) is 15.7. The Hall–Kier alpha value is -3.44. The monoisotopic (exact) mass is 402 g/mol. The molecule has 5 nitrogen and oxygen atoms in total. The average Bonchev–Trinajstić information content (AvgIpc) is 3.03. The molecule has 4 aromatic rings. The molecular formula is C23H15ClN2O3. The Morgan fingerprint density at radius 2 is 1.83 bits per heavy atom. The lowest BCUT2D eigenvalue weighted by Crippen LogP contribution is -2.30. The SMILES string of the molecule is Cc1ccc2oc3c(c(=O)c2c1)[C@@H](c1ccc(Cl)cc1)N(c1ccccn1)C3=O. The van der Waals surface area contributed by atoms with Crippen LogP contribution in [0.2, 0.25) is 5.02 Å². The molecule has 2 aromatic heterocycles. The van der Waals surface area contributed by atoms with Crippen LogP contribution in [0, 0.1) is 6.92 Å². The van der Waals surface area contributed by atoms with E-state index in [0.717, 1.165) is 11.1 Å². The minimum Gasteiger partial charge on any atom is -0.450 e. The van der Waals surface area contributed by atoms with E-state index < -0.39 is 11.9 Å². The van der Waals surface area contributed by atoms with Crippen molar-refractivity contribution in [3.8, 4) is 0 Å². The second kappa shape index (κ2) is 6.57. The van der Waals surface area contributed by atoms with E-state index in [-0.39, 0.29) is 11.2 Å². The average molecular weight is 403 g/mol. The number of pyridine rings is 1. The molecule has 1 aliphatic heterocycles. The fraction of sp³-hybridized carbons (Fsp3) is 0.0870. The van der Waals surface area contributed by atoms with Crippen molar-refractivity contribution in [1.29, 1.82) is 0 Å². The highest BCUT2D eigenvalue weighted by Crippen LogP contribution is 2.40. The lowest BCUT2D eigenvalue weighted by atomic mass is 9.98. The van der Waals surface area contributed by atoms with Crippen molar-refractivity contribution in [1.82, 2.24) is 4.98 Å². The molecule has 0 bridgehead atoms. The number of anilines is 1. The summed E-state index contributed by atoms with van der Waals surface area (Å²) in [4.78, 5) is 32.6. The van der Waals surface area contributed by atoms with Crippen molar-refractivity contribution < 1.29 is 9.21 Å². The molecule has 0 spiro atoms. The lowest BCUT2D eigenvalue weighted by molar-refractivity contribution is 0.0970. The van der Waals surface area contributed by atoms with Crippen LogP contribution in [-0.4, -0.2) is 10.9 Å². The van der Waals surface area contributed by atoms with Crippen LogP contribution in [-0.2, 0) is 0 Å². The van der Waals surface area contributed by atoms with E-state index in [1.807, 2.05) is 25.1 Å². The van der Waals surface area contributed by atoms with Crippen molar-refractivity contribution in [2.45, 2.75) is 13.0 Å². The molecule has 0 N–H and O–H groups in total. The van der Waals surface area contributed by atoms with Crippen LogP contribution in [0.5, 0.6) is 0 Å². The van der Waals surface area contributed by atoms with E-state index in [4.69, 9.17) is 16.0 Å². The largest absolute Gasteiger partial charge is 0.450 e. The number of hydrogen-bond acceptors (Lipinski definition) is 4. The third-order valence-electron chi connectivity index (χ3n) is 5.11. The summed E-state index contributed by atoms with van der Waals surface area (Å²) in [5, 5.41) is 1.03. The molecule has 0 saturated heterocycles. The van der Waals surface area contributed by atoms with Crippen molar-refractivity contribution >= 4 is 34.3 Å². The van der Waals surface area contributed by atoms with Gasteiger partial charge in [0.15, 0.2) is 5.43 Å². The number of aryl methyl sites for hydroxylation is 1. The third kappa shape index (κ3) is 2.74. The van der Waals surface area contributed by atoms with Crippen LogP contribution in [0.1, 0.15) is 33.3 Å². The van der Waals surface area contributed by atoms with Gasteiger partial charge in [-0.3, -0.25) is 14.5 Å². The maximum absolute atomic E-state index is 13.5. The number of amides is 1. The molecule has 6 heteroatoms. The van der Waals surface area contributed by atoms with Gasteiger partial charge in [-0.1, -0.05) is 41.4 Å².